The van der Waals surface area contributed by atoms with Crippen LogP contribution in [0.2, 0.25) is 0 Å². The zero-order valence-corrected chi connectivity index (χ0v) is 15.0. The van der Waals surface area contributed by atoms with Gasteiger partial charge in [0.25, 0.3) is 5.91 Å². The van der Waals surface area contributed by atoms with Gasteiger partial charge in [0.05, 0.1) is 10.6 Å². The fourth-order valence-corrected chi connectivity index (χ4v) is 4.61. The maximum absolute atomic E-state index is 12.6. The SMILES string of the molecule is Cc1ccc(-c2nc(NC(=O)c3n[nH]c4c3CNCC4)sc2C)s1. The third kappa shape index (κ3) is 2.77. The van der Waals surface area contributed by atoms with E-state index in [4.69, 9.17) is 0 Å². The van der Waals surface area contributed by atoms with E-state index in [1.807, 2.05) is 6.92 Å². The first-order valence-corrected chi connectivity index (χ1v) is 9.37. The molecule has 0 fully saturated rings. The molecule has 0 saturated carbocycles. The second-order valence-corrected chi connectivity index (χ2v) is 8.24. The summed E-state index contributed by atoms with van der Waals surface area (Å²) in [6, 6.07) is 4.16. The van der Waals surface area contributed by atoms with Crippen LogP contribution in [-0.4, -0.2) is 27.6 Å². The Morgan fingerprint density at radius 1 is 1.29 bits per heavy atom. The minimum absolute atomic E-state index is 0.209. The van der Waals surface area contributed by atoms with Gasteiger partial charge < -0.3 is 5.32 Å². The molecule has 1 aliphatic rings. The number of amides is 1. The van der Waals surface area contributed by atoms with Gasteiger partial charge in [-0.15, -0.1) is 22.7 Å². The van der Waals surface area contributed by atoms with E-state index >= 15 is 0 Å². The maximum atomic E-state index is 12.6. The van der Waals surface area contributed by atoms with Crippen molar-refractivity contribution in [2.45, 2.75) is 26.8 Å². The van der Waals surface area contributed by atoms with E-state index < -0.39 is 0 Å². The third-order valence-corrected chi connectivity index (χ3v) is 5.91. The smallest absolute Gasteiger partial charge is 0.278 e. The van der Waals surface area contributed by atoms with Gasteiger partial charge in [0, 0.05) is 40.5 Å². The highest BCUT2D eigenvalue weighted by Crippen LogP contribution is 2.34. The van der Waals surface area contributed by atoms with Crippen LogP contribution in [0.4, 0.5) is 5.13 Å². The Morgan fingerprint density at radius 2 is 2.17 bits per heavy atom. The molecule has 0 unspecified atom stereocenters. The lowest BCUT2D eigenvalue weighted by atomic mass is 10.1. The first kappa shape index (κ1) is 15.5. The number of nitrogens with one attached hydrogen (secondary N) is 3. The molecule has 124 valence electrons. The van der Waals surface area contributed by atoms with E-state index in [9.17, 15) is 4.79 Å². The molecule has 6 nitrogen and oxygen atoms in total. The van der Waals surface area contributed by atoms with Gasteiger partial charge in [-0.2, -0.15) is 5.10 Å². The number of fused-ring (bicyclic) bond motifs is 1. The quantitative estimate of drug-likeness (QED) is 0.671. The van der Waals surface area contributed by atoms with Gasteiger partial charge in [-0.3, -0.25) is 15.2 Å². The molecule has 0 bridgehead atoms. The van der Waals surface area contributed by atoms with E-state index in [1.165, 1.54) is 16.2 Å². The molecule has 0 aromatic carbocycles. The molecule has 3 aromatic heterocycles. The van der Waals surface area contributed by atoms with Crippen LogP contribution in [0.25, 0.3) is 10.6 Å². The second-order valence-electron chi connectivity index (χ2n) is 5.74. The Morgan fingerprint density at radius 3 is 2.96 bits per heavy atom. The molecule has 1 amide bonds. The molecular weight excluding hydrogens is 342 g/mol. The molecule has 3 aromatic rings. The highest BCUT2D eigenvalue weighted by atomic mass is 32.1. The van der Waals surface area contributed by atoms with Crippen molar-refractivity contribution in [3.63, 3.8) is 0 Å². The summed E-state index contributed by atoms with van der Waals surface area (Å²) in [7, 11) is 0. The first-order valence-electron chi connectivity index (χ1n) is 7.74. The predicted octanol–water partition coefficient (Wildman–Crippen LogP) is 3.11. The zero-order chi connectivity index (χ0) is 16.7. The average molecular weight is 359 g/mol. The molecule has 24 heavy (non-hydrogen) atoms. The van der Waals surface area contributed by atoms with Crippen molar-refractivity contribution in [1.82, 2.24) is 20.5 Å². The monoisotopic (exact) mass is 359 g/mol. The van der Waals surface area contributed by atoms with Crippen LogP contribution in [-0.2, 0) is 13.0 Å². The predicted molar refractivity (Wildman–Crippen MR) is 96.9 cm³/mol. The molecule has 0 saturated heterocycles. The normalized spacial score (nSPS) is 13.8. The number of nitrogens with zero attached hydrogens (tertiary/aromatic N) is 2. The van der Waals surface area contributed by atoms with Gasteiger partial charge >= 0.3 is 0 Å². The van der Waals surface area contributed by atoms with Gasteiger partial charge in [-0.1, -0.05) is 0 Å². The molecular formula is C16H17N5OS2. The largest absolute Gasteiger partial charge is 0.312 e. The summed E-state index contributed by atoms with van der Waals surface area (Å²) in [4.78, 5) is 20.6. The molecule has 1 aliphatic heterocycles. The minimum atomic E-state index is -0.209. The minimum Gasteiger partial charge on any atom is -0.312 e. The van der Waals surface area contributed by atoms with Crippen molar-refractivity contribution < 1.29 is 4.79 Å². The number of H-pyrrole nitrogens is 1. The fraction of sp³-hybridized carbons (Fsp3) is 0.312. The van der Waals surface area contributed by atoms with Crippen LogP contribution in [0, 0.1) is 13.8 Å². The van der Waals surface area contributed by atoms with Crippen molar-refractivity contribution in [2.24, 2.45) is 0 Å². The van der Waals surface area contributed by atoms with Crippen LogP contribution in [0.1, 0.15) is 31.5 Å². The Kier molecular flexibility index (Phi) is 3.95. The summed E-state index contributed by atoms with van der Waals surface area (Å²) < 4.78 is 0. The Hall–Kier alpha value is -2.03. The number of hydrogen-bond acceptors (Lipinski definition) is 6. The molecule has 4 heterocycles. The summed E-state index contributed by atoms with van der Waals surface area (Å²) in [5, 5.41) is 13.9. The number of aromatic nitrogens is 3. The van der Waals surface area contributed by atoms with Gasteiger partial charge in [0.15, 0.2) is 10.8 Å². The number of hydrogen-bond donors (Lipinski definition) is 3. The van der Waals surface area contributed by atoms with Crippen molar-refractivity contribution in [3.05, 3.63) is 38.8 Å². The molecule has 0 radical (unpaired) electrons. The Bertz CT molecular complexity index is 908. The first-order chi connectivity index (χ1) is 11.6. The van der Waals surface area contributed by atoms with Gasteiger partial charge in [-0.25, -0.2) is 4.98 Å². The van der Waals surface area contributed by atoms with E-state index in [-0.39, 0.29) is 5.91 Å². The van der Waals surface area contributed by atoms with Gasteiger partial charge in [-0.05, 0) is 26.0 Å². The second kappa shape index (κ2) is 6.12. The fourth-order valence-electron chi connectivity index (χ4n) is 2.81. The molecule has 0 aliphatic carbocycles. The number of thiophene rings is 1. The number of aryl methyl sites for hydroxylation is 2. The third-order valence-electron chi connectivity index (χ3n) is 4.01. The summed E-state index contributed by atoms with van der Waals surface area (Å²) >= 11 is 3.20. The summed E-state index contributed by atoms with van der Waals surface area (Å²) in [6.45, 7) is 5.68. The number of thiazole rings is 1. The number of carbonyl (C=O) groups excluding carboxylic acids is 1. The molecule has 0 atom stereocenters. The van der Waals surface area contributed by atoms with Crippen LogP contribution in [0.15, 0.2) is 12.1 Å². The van der Waals surface area contributed by atoms with E-state index in [0.29, 0.717) is 17.4 Å². The molecule has 4 rings (SSSR count). The number of carbonyl (C=O) groups is 1. The summed E-state index contributed by atoms with van der Waals surface area (Å²) in [5.41, 5.74) is 3.41. The van der Waals surface area contributed by atoms with Crippen LogP contribution >= 0.6 is 22.7 Å². The summed E-state index contributed by atoms with van der Waals surface area (Å²) in [6.07, 6.45) is 0.869. The van der Waals surface area contributed by atoms with Gasteiger partial charge in [0.1, 0.15) is 0 Å². The van der Waals surface area contributed by atoms with E-state index in [1.54, 1.807) is 11.3 Å². The molecule has 3 N–H and O–H groups in total. The average Bonchev–Trinajstić information content (AvgIpc) is 3.25. The van der Waals surface area contributed by atoms with Crippen LogP contribution in [0.3, 0.4) is 0 Å². The zero-order valence-electron chi connectivity index (χ0n) is 13.4. The molecule has 0 spiro atoms. The maximum Gasteiger partial charge on any atom is 0.278 e. The van der Waals surface area contributed by atoms with Crippen molar-refractivity contribution in [2.75, 3.05) is 11.9 Å². The highest BCUT2D eigenvalue weighted by molar-refractivity contribution is 7.18. The molecule has 8 heteroatoms. The van der Waals surface area contributed by atoms with Crippen LogP contribution in [0.5, 0.6) is 0 Å². The Balaban J connectivity index is 1.57. The lowest BCUT2D eigenvalue weighted by Crippen LogP contribution is -2.25. The Labute approximate surface area is 147 Å². The van der Waals surface area contributed by atoms with Crippen molar-refractivity contribution >= 4 is 33.7 Å². The van der Waals surface area contributed by atoms with Crippen LogP contribution < -0.4 is 10.6 Å². The number of aromatic amines is 1. The van der Waals surface area contributed by atoms with Crippen molar-refractivity contribution in [1.29, 1.82) is 0 Å². The number of rotatable bonds is 3. The number of anilines is 1. The summed E-state index contributed by atoms with van der Waals surface area (Å²) in [5.74, 6) is -0.209. The van der Waals surface area contributed by atoms with E-state index in [0.717, 1.165) is 39.7 Å². The lowest BCUT2D eigenvalue weighted by molar-refractivity contribution is 0.102. The van der Waals surface area contributed by atoms with Crippen molar-refractivity contribution in [3.8, 4) is 10.6 Å². The standard InChI is InChI=1S/C16H17N5OS2/c1-8-3-4-12(23-8)13-9(2)24-16(18-13)19-15(22)14-10-7-17-6-5-11(10)20-21-14/h3-4,17H,5-7H2,1-2H3,(H,20,21)(H,18,19,22). The topological polar surface area (TPSA) is 82.7 Å². The van der Waals surface area contributed by atoms with E-state index in [2.05, 4.69) is 44.9 Å². The van der Waals surface area contributed by atoms with Gasteiger partial charge in [0.2, 0.25) is 0 Å². The highest BCUT2D eigenvalue weighted by Gasteiger charge is 2.22. The lowest BCUT2D eigenvalue weighted by Gasteiger charge is -2.12.